The fraction of sp³-hybridized carbons (Fsp3) is 0.647. The van der Waals surface area contributed by atoms with Gasteiger partial charge in [-0.05, 0) is 56.2 Å². The smallest absolute Gasteiger partial charge is 0.0983 e. The van der Waals surface area contributed by atoms with Gasteiger partial charge in [0.05, 0.1) is 11.7 Å². The molecular formula is C17H24BrNO. The van der Waals surface area contributed by atoms with Crippen LogP contribution in [0.25, 0.3) is 0 Å². The van der Waals surface area contributed by atoms with Gasteiger partial charge in [0.1, 0.15) is 0 Å². The molecule has 1 heterocycles. The third-order valence-electron chi connectivity index (χ3n) is 4.96. The molecule has 1 saturated carbocycles. The first-order valence-electron chi connectivity index (χ1n) is 7.75. The van der Waals surface area contributed by atoms with Gasteiger partial charge in [0.25, 0.3) is 0 Å². The minimum atomic E-state index is 0.0662. The van der Waals surface area contributed by atoms with E-state index >= 15 is 0 Å². The zero-order valence-electron chi connectivity index (χ0n) is 12.4. The Labute approximate surface area is 130 Å². The van der Waals surface area contributed by atoms with E-state index in [9.17, 15) is 0 Å². The summed E-state index contributed by atoms with van der Waals surface area (Å²) >= 11 is 3.50. The van der Waals surface area contributed by atoms with Crippen LogP contribution in [0, 0.1) is 5.92 Å². The van der Waals surface area contributed by atoms with E-state index in [0.717, 1.165) is 16.9 Å². The molecule has 2 aliphatic rings. The maximum absolute atomic E-state index is 6.62. The largest absolute Gasteiger partial charge is 0.364 e. The molecule has 1 aromatic carbocycles. The lowest BCUT2D eigenvalue weighted by Crippen LogP contribution is -2.56. The van der Waals surface area contributed by atoms with Crippen LogP contribution >= 0.6 is 15.9 Å². The van der Waals surface area contributed by atoms with Crippen molar-refractivity contribution in [2.75, 3.05) is 6.54 Å². The van der Waals surface area contributed by atoms with E-state index in [0.29, 0.717) is 6.04 Å². The van der Waals surface area contributed by atoms with Gasteiger partial charge in [-0.2, -0.15) is 0 Å². The maximum Gasteiger partial charge on any atom is 0.0983 e. The van der Waals surface area contributed by atoms with Crippen LogP contribution < -0.4 is 5.32 Å². The van der Waals surface area contributed by atoms with Gasteiger partial charge in [0.15, 0.2) is 0 Å². The van der Waals surface area contributed by atoms with Crippen LogP contribution in [0.4, 0.5) is 0 Å². The second-order valence-electron chi connectivity index (χ2n) is 6.63. The van der Waals surface area contributed by atoms with E-state index in [1.165, 1.54) is 31.2 Å². The predicted molar refractivity (Wildman–Crippen MR) is 85.8 cm³/mol. The van der Waals surface area contributed by atoms with Crippen molar-refractivity contribution in [2.24, 2.45) is 5.92 Å². The van der Waals surface area contributed by atoms with Gasteiger partial charge in [0, 0.05) is 17.1 Å². The van der Waals surface area contributed by atoms with Gasteiger partial charge in [-0.15, -0.1) is 0 Å². The van der Waals surface area contributed by atoms with Crippen LogP contribution in [0.3, 0.4) is 0 Å². The van der Waals surface area contributed by atoms with Crippen molar-refractivity contribution in [1.29, 1.82) is 0 Å². The Morgan fingerprint density at radius 1 is 1.15 bits per heavy atom. The number of hydrogen-bond acceptors (Lipinski definition) is 2. The van der Waals surface area contributed by atoms with Crippen molar-refractivity contribution in [2.45, 2.75) is 57.3 Å². The van der Waals surface area contributed by atoms with Crippen molar-refractivity contribution < 1.29 is 4.74 Å². The maximum atomic E-state index is 6.62. The lowest BCUT2D eigenvalue weighted by Gasteiger charge is -2.48. The van der Waals surface area contributed by atoms with Crippen LogP contribution in [0.1, 0.15) is 51.2 Å². The Morgan fingerprint density at radius 3 is 2.45 bits per heavy atom. The molecule has 3 heteroatoms. The first-order chi connectivity index (χ1) is 9.58. The molecule has 1 saturated heterocycles. The number of benzene rings is 1. The van der Waals surface area contributed by atoms with Crippen LogP contribution in [-0.4, -0.2) is 18.2 Å². The van der Waals surface area contributed by atoms with E-state index < -0.39 is 0 Å². The number of ether oxygens (including phenoxy) is 1. The van der Waals surface area contributed by atoms with Gasteiger partial charge in [-0.3, -0.25) is 0 Å². The SMILES string of the molecule is CC1CCC2(CC1)CNC(C)C(c1ccc(Br)cc1)O2. The summed E-state index contributed by atoms with van der Waals surface area (Å²) in [4.78, 5) is 0. The third kappa shape index (κ3) is 2.95. The summed E-state index contributed by atoms with van der Waals surface area (Å²) in [5.41, 5.74) is 1.35. The van der Waals surface area contributed by atoms with Crippen LogP contribution in [0.5, 0.6) is 0 Å². The number of nitrogens with one attached hydrogen (secondary N) is 1. The molecule has 110 valence electrons. The Bertz CT molecular complexity index is 445. The van der Waals surface area contributed by atoms with Crippen LogP contribution in [0.15, 0.2) is 28.7 Å². The van der Waals surface area contributed by atoms with Crippen molar-refractivity contribution >= 4 is 15.9 Å². The third-order valence-corrected chi connectivity index (χ3v) is 5.49. The van der Waals surface area contributed by atoms with Gasteiger partial charge in [0.2, 0.25) is 0 Å². The van der Waals surface area contributed by atoms with E-state index in [2.05, 4.69) is 59.4 Å². The summed E-state index contributed by atoms with van der Waals surface area (Å²) < 4.78 is 7.75. The average Bonchev–Trinajstić information content (AvgIpc) is 2.46. The summed E-state index contributed by atoms with van der Waals surface area (Å²) in [7, 11) is 0. The number of halogens is 1. The highest BCUT2D eigenvalue weighted by Crippen LogP contribution is 2.41. The minimum absolute atomic E-state index is 0.0662. The lowest BCUT2D eigenvalue weighted by molar-refractivity contribution is -0.155. The zero-order valence-corrected chi connectivity index (χ0v) is 13.9. The molecule has 3 rings (SSSR count). The van der Waals surface area contributed by atoms with Crippen LogP contribution in [0.2, 0.25) is 0 Å². The van der Waals surface area contributed by atoms with E-state index in [4.69, 9.17) is 4.74 Å². The van der Waals surface area contributed by atoms with Gasteiger partial charge in [-0.25, -0.2) is 0 Å². The van der Waals surface area contributed by atoms with Gasteiger partial charge < -0.3 is 10.1 Å². The predicted octanol–water partition coefficient (Wildman–Crippen LogP) is 4.45. The molecule has 0 bridgehead atoms. The molecule has 0 aromatic heterocycles. The normalized spacial score (nSPS) is 38.0. The molecule has 2 unspecified atom stereocenters. The van der Waals surface area contributed by atoms with Crippen molar-refractivity contribution in [1.82, 2.24) is 5.32 Å². The Balaban J connectivity index is 1.78. The van der Waals surface area contributed by atoms with Crippen LogP contribution in [-0.2, 0) is 4.74 Å². The summed E-state index contributed by atoms with van der Waals surface area (Å²) in [6.07, 6.45) is 5.15. The molecule has 0 amide bonds. The molecule has 1 spiro atoms. The highest BCUT2D eigenvalue weighted by Gasteiger charge is 2.42. The summed E-state index contributed by atoms with van der Waals surface area (Å²) in [5.74, 6) is 0.856. The standard InChI is InChI=1S/C17H24BrNO/c1-12-7-9-17(10-8-12)11-19-13(2)16(20-17)14-3-5-15(18)6-4-14/h3-6,12-13,16,19H,7-11H2,1-2H3. The molecule has 20 heavy (non-hydrogen) atoms. The lowest BCUT2D eigenvalue weighted by atomic mass is 9.78. The fourth-order valence-corrected chi connectivity index (χ4v) is 3.72. The molecule has 2 nitrogen and oxygen atoms in total. The molecule has 2 fully saturated rings. The first-order valence-corrected chi connectivity index (χ1v) is 8.54. The quantitative estimate of drug-likeness (QED) is 0.817. The molecule has 0 radical (unpaired) electrons. The van der Waals surface area contributed by atoms with E-state index in [1.807, 2.05) is 0 Å². The molecule has 1 aliphatic carbocycles. The van der Waals surface area contributed by atoms with Crippen molar-refractivity contribution in [3.05, 3.63) is 34.3 Å². The Hall–Kier alpha value is -0.380. The van der Waals surface area contributed by atoms with E-state index in [1.54, 1.807) is 0 Å². The molecule has 1 aromatic rings. The number of hydrogen-bond donors (Lipinski definition) is 1. The van der Waals surface area contributed by atoms with E-state index in [-0.39, 0.29) is 11.7 Å². The molecule has 1 aliphatic heterocycles. The first kappa shape index (κ1) is 14.6. The molecule has 1 N–H and O–H groups in total. The second-order valence-corrected chi connectivity index (χ2v) is 7.54. The summed E-state index contributed by atoms with van der Waals surface area (Å²) in [6.45, 7) is 5.59. The fourth-order valence-electron chi connectivity index (χ4n) is 3.46. The van der Waals surface area contributed by atoms with Crippen molar-refractivity contribution in [3.63, 3.8) is 0 Å². The molecular weight excluding hydrogens is 314 g/mol. The van der Waals surface area contributed by atoms with Crippen molar-refractivity contribution in [3.8, 4) is 0 Å². The highest BCUT2D eigenvalue weighted by atomic mass is 79.9. The highest BCUT2D eigenvalue weighted by molar-refractivity contribution is 9.10. The topological polar surface area (TPSA) is 21.3 Å². The van der Waals surface area contributed by atoms with Gasteiger partial charge in [-0.1, -0.05) is 35.0 Å². The van der Waals surface area contributed by atoms with Gasteiger partial charge >= 0.3 is 0 Å². The number of rotatable bonds is 1. The second kappa shape index (κ2) is 5.78. The minimum Gasteiger partial charge on any atom is -0.364 e. The summed E-state index contributed by atoms with van der Waals surface area (Å²) in [5, 5.41) is 3.68. The number of morpholine rings is 1. The monoisotopic (exact) mass is 337 g/mol. The Morgan fingerprint density at radius 2 is 1.80 bits per heavy atom. The zero-order chi connectivity index (χ0) is 14.2. The average molecular weight is 338 g/mol. The molecule has 2 atom stereocenters. The Kier molecular flexibility index (Phi) is 4.21. The summed E-state index contributed by atoms with van der Waals surface area (Å²) in [6, 6.07) is 8.95.